The van der Waals surface area contributed by atoms with Gasteiger partial charge in [-0.1, -0.05) is 24.3 Å². The number of pyridine rings is 1. The second-order valence-electron chi connectivity index (χ2n) is 6.64. The number of amides is 1. The topological polar surface area (TPSA) is 51.2 Å². The molecule has 2 aromatic rings. The van der Waals surface area contributed by atoms with E-state index in [9.17, 15) is 4.79 Å². The molecule has 0 spiro atoms. The van der Waals surface area contributed by atoms with Crippen molar-refractivity contribution in [2.45, 2.75) is 39.2 Å². The van der Waals surface area contributed by atoms with Gasteiger partial charge in [0.1, 0.15) is 0 Å². The van der Waals surface area contributed by atoms with Gasteiger partial charge >= 0.3 is 0 Å². The van der Waals surface area contributed by atoms with Crippen molar-refractivity contribution in [1.29, 1.82) is 0 Å². The average molecular weight is 324 g/mol. The molecule has 1 amide bonds. The van der Waals surface area contributed by atoms with Crippen molar-refractivity contribution < 1.29 is 9.53 Å². The molecule has 1 saturated carbocycles. The minimum absolute atomic E-state index is 0.00851. The summed E-state index contributed by atoms with van der Waals surface area (Å²) in [7, 11) is 0. The first-order chi connectivity index (χ1) is 11.6. The van der Waals surface area contributed by atoms with E-state index in [-0.39, 0.29) is 11.9 Å². The molecular formula is C20H24N2O2. The van der Waals surface area contributed by atoms with Crippen molar-refractivity contribution in [3.8, 4) is 17.0 Å². The fraction of sp³-hybridized carbons (Fsp3) is 0.400. The third-order valence-electron chi connectivity index (χ3n) is 4.18. The Bertz CT molecular complexity index is 676. The summed E-state index contributed by atoms with van der Waals surface area (Å²) in [5.74, 6) is 1.44. The van der Waals surface area contributed by atoms with Crippen LogP contribution in [0.2, 0.25) is 0 Å². The zero-order valence-electron chi connectivity index (χ0n) is 14.3. The van der Waals surface area contributed by atoms with Crippen molar-refractivity contribution in [3.05, 3.63) is 48.2 Å². The van der Waals surface area contributed by atoms with Crippen LogP contribution in [0.5, 0.6) is 5.88 Å². The lowest BCUT2D eigenvalue weighted by Gasteiger charge is -2.12. The maximum atomic E-state index is 11.1. The molecule has 1 unspecified atom stereocenters. The average Bonchev–Trinajstić information content (AvgIpc) is 3.38. The number of hydrogen-bond donors (Lipinski definition) is 1. The van der Waals surface area contributed by atoms with Gasteiger partial charge in [0.2, 0.25) is 11.8 Å². The lowest BCUT2D eigenvalue weighted by atomic mass is 10.0. The molecular weight excluding hydrogens is 300 g/mol. The fourth-order valence-corrected chi connectivity index (χ4v) is 2.71. The second-order valence-corrected chi connectivity index (χ2v) is 6.64. The van der Waals surface area contributed by atoms with Gasteiger partial charge in [0.15, 0.2) is 0 Å². The van der Waals surface area contributed by atoms with Gasteiger partial charge in [-0.25, -0.2) is 4.98 Å². The van der Waals surface area contributed by atoms with Crippen LogP contribution < -0.4 is 10.1 Å². The van der Waals surface area contributed by atoms with Gasteiger partial charge in [-0.15, -0.1) is 0 Å². The van der Waals surface area contributed by atoms with Crippen LogP contribution in [0.1, 0.15) is 32.3 Å². The van der Waals surface area contributed by atoms with Gasteiger partial charge in [0.05, 0.1) is 6.61 Å². The Labute approximate surface area is 143 Å². The first-order valence-corrected chi connectivity index (χ1v) is 8.55. The Balaban J connectivity index is 1.58. The van der Waals surface area contributed by atoms with Crippen molar-refractivity contribution in [2.24, 2.45) is 5.92 Å². The van der Waals surface area contributed by atoms with Crippen LogP contribution in [0.15, 0.2) is 42.6 Å². The standard InChI is InChI=1S/C20H24N2O2/c1-14(22-15(2)23)11-16-5-7-18(8-6-16)19-9-10-20(21-12-19)24-13-17-3-4-17/h5-10,12,14,17H,3-4,11,13H2,1-2H3,(H,22,23). The van der Waals surface area contributed by atoms with Gasteiger partial charge in [-0.3, -0.25) is 4.79 Å². The van der Waals surface area contributed by atoms with Crippen molar-refractivity contribution >= 4 is 5.91 Å². The summed E-state index contributed by atoms with van der Waals surface area (Å²) in [5, 5.41) is 2.91. The number of ether oxygens (including phenoxy) is 1. The van der Waals surface area contributed by atoms with E-state index in [1.165, 1.54) is 18.4 Å². The lowest BCUT2D eigenvalue weighted by Crippen LogP contribution is -2.31. The molecule has 4 heteroatoms. The van der Waals surface area contributed by atoms with Crippen LogP contribution >= 0.6 is 0 Å². The number of aromatic nitrogens is 1. The number of carbonyl (C=O) groups excluding carboxylic acids is 1. The molecule has 0 bridgehead atoms. The Morgan fingerprint density at radius 1 is 1.21 bits per heavy atom. The number of rotatable bonds is 7. The van der Waals surface area contributed by atoms with Crippen LogP contribution in [-0.4, -0.2) is 23.5 Å². The van der Waals surface area contributed by atoms with Gasteiger partial charge < -0.3 is 10.1 Å². The molecule has 1 aromatic heterocycles. The maximum absolute atomic E-state index is 11.1. The summed E-state index contributed by atoms with van der Waals surface area (Å²) >= 11 is 0. The first kappa shape index (κ1) is 16.5. The van der Waals surface area contributed by atoms with Crippen LogP contribution in [0.4, 0.5) is 0 Å². The Morgan fingerprint density at radius 2 is 1.92 bits per heavy atom. The van der Waals surface area contributed by atoms with Gasteiger partial charge in [-0.05, 0) is 49.3 Å². The summed E-state index contributed by atoms with van der Waals surface area (Å²) in [4.78, 5) is 15.5. The van der Waals surface area contributed by atoms with E-state index in [4.69, 9.17) is 4.74 Å². The molecule has 1 atom stereocenters. The quantitative estimate of drug-likeness (QED) is 0.846. The smallest absolute Gasteiger partial charge is 0.217 e. The molecule has 4 nitrogen and oxygen atoms in total. The number of nitrogens with zero attached hydrogens (tertiary/aromatic N) is 1. The SMILES string of the molecule is CC(=O)NC(C)Cc1ccc(-c2ccc(OCC3CC3)nc2)cc1. The predicted octanol–water partition coefficient (Wildman–Crippen LogP) is 3.60. The normalized spacial score (nSPS) is 14.9. The molecule has 1 fully saturated rings. The molecule has 1 heterocycles. The Morgan fingerprint density at radius 3 is 2.50 bits per heavy atom. The van der Waals surface area contributed by atoms with E-state index in [2.05, 4.69) is 34.6 Å². The van der Waals surface area contributed by atoms with Gasteiger partial charge in [0.25, 0.3) is 0 Å². The molecule has 1 aromatic carbocycles. The molecule has 3 rings (SSSR count). The largest absolute Gasteiger partial charge is 0.477 e. The highest BCUT2D eigenvalue weighted by atomic mass is 16.5. The van der Waals surface area contributed by atoms with E-state index >= 15 is 0 Å². The summed E-state index contributed by atoms with van der Waals surface area (Å²) in [6, 6.07) is 12.5. The van der Waals surface area contributed by atoms with Crippen LogP contribution in [0.3, 0.4) is 0 Å². The number of nitrogens with one attached hydrogen (secondary N) is 1. The van der Waals surface area contributed by atoms with E-state index < -0.39 is 0 Å². The van der Waals surface area contributed by atoms with Crippen LogP contribution in [0, 0.1) is 5.92 Å². The monoisotopic (exact) mass is 324 g/mol. The van der Waals surface area contributed by atoms with Gasteiger partial charge in [0, 0.05) is 30.8 Å². The highest BCUT2D eigenvalue weighted by Crippen LogP contribution is 2.29. The zero-order valence-corrected chi connectivity index (χ0v) is 14.3. The minimum Gasteiger partial charge on any atom is -0.477 e. The van der Waals surface area contributed by atoms with Crippen molar-refractivity contribution in [3.63, 3.8) is 0 Å². The fourth-order valence-electron chi connectivity index (χ4n) is 2.71. The molecule has 24 heavy (non-hydrogen) atoms. The highest BCUT2D eigenvalue weighted by Gasteiger charge is 2.22. The third kappa shape index (κ3) is 4.82. The maximum Gasteiger partial charge on any atom is 0.217 e. The van der Waals surface area contributed by atoms with Crippen LogP contribution in [-0.2, 0) is 11.2 Å². The number of hydrogen-bond acceptors (Lipinski definition) is 3. The predicted molar refractivity (Wildman–Crippen MR) is 94.9 cm³/mol. The Kier molecular flexibility index (Phi) is 5.14. The van der Waals surface area contributed by atoms with E-state index in [0.29, 0.717) is 5.88 Å². The highest BCUT2D eigenvalue weighted by molar-refractivity contribution is 5.73. The second kappa shape index (κ2) is 7.47. The molecule has 0 saturated heterocycles. The van der Waals surface area contributed by atoms with Crippen molar-refractivity contribution in [2.75, 3.05) is 6.61 Å². The summed E-state index contributed by atoms with van der Waals surface area (Å²) < 4.78 is 5.67. The minimum atomic E-state index is 0.00851. The zero-order chi connectivity index (χ0) is 16.9. The number of carbonyl (C=O) groups is 1. The van der Waals surface area contributed by atoms with Gasteiger partial charge in [-0.2, -0.15) is 0 Å². The number of benzene rings is 1. The first-order valence-electron chi connectivity index (χ1n) is 8.55. The van der Waals surface area contributed by atoms with Crippen molar-refractivity contribution in [1.82, 2.24) is 10.3 Å². The lowest BCUT2D eigenvalue weighted by molar-refractivity contribution is -0.119. The third-order valence-corrected chi connectivity index (χ3v) is 4.18. The summed E-state index contributed by atoms with van der Waals surface area (Å²) in [6.07, 6.45) is 5.25. The van der Waals surface area contributed by atoms with Crippen LogP contribution in [0.25, 0.3) is 11.1 Å². The molecule has 1 aliphatic carbocycles. The Hall–Kier alpha value is -2.36. The molecule has 1 N–H and O–H groups in total. The molecule has 0 radical (unpaired) electrons. The van der Waals surface area contributed by atoms with E-state index in [1.54, 1.807) is 6.92 Å². The molecule has 126 valence electrons. The summed E-state index contributed by atoms with van der Waals surface area (Å²) in [6.45, 7) is 4.34. The summed E-state index contributed by atoms with van der Waals surface area (Å²) in [5.41, 5.74) is 3.42. The van der Waals surface area contributed by atoms with E-state index in [0.717, 1.165) is 30.1 Å². The molecule has 0 aliphatic heterocycles. The molecule has 1 aliphatic rings. The van der Waals surface area contributed by atoms with E-state index in [1.807, 2.05) is 25.3 Å².